The molecule has 0 aliphatic heterocycles. The van der Waals surface area contributed by atoms with Gasteiger partial charge in [-0.05, 0) is 49.9 Å². The van der Waals surface area contributed by atoms with Crippen LogP contribution in [0.5, 0.6) is 0 Å². The van der Waals surface area contributed by atoms with Crippen molar-refractivity contribution in [3.05, 3.63) is 58.4 Å². The lowest BCUT2D eigenvalue weighted by atomic mass is 10.0. The van der Waals surface area contributed by atoms with Gasteiger partial charge in [-0.25, -0.2) is 4.39 Å². The lowest BCUT2D eigenvalue weighted by Gasteiger charge is -2.32. The molecular formula is C22H26ClF4N3. The van der Waals surface area contributed by atoms with E-state index in [2.05, 4.69) is 4.90 Å². The maximum atomic E-state index is 14.3. The summed E-state index contributed by atoms with van der Waals surface area (Å²) in [5, 5.41) is 0.109. The topological polar surface area (TPSA) is 32.5 Å². The number of likely N-dealkylation sites (N-methyl/N-ethyl adjacent to an activating group) is 1. The molecule has 1 unspecified atom stereocenters. The second kappa shape index (κ2) is 9.02. The van der Waals surface area contributed by atoms with Crippen molar-refractivity contribution in [1.29, 1.82) is 0 Å². The van der Waals surface area contributed by atoms with Crippen LogP contribution < -0.4 is 10.6 Å². The minimum Gasteiger partial charge on any atom is -0.397 e. The van der Waals surface area contributed by atoms with Crippen molar-refractivity contribution < 1.29 is 17.6 Å². The Morgan fingerprint density at radius 1 is 1.13 bits per heavy atom. The highest BCUT2D eigenvalue weighted by Crippen LogP contribution is 2.38. The maximum Gasteiger partial charge on any atom is 0.418 e. The number of nitrogens with zero attached hydrogens (tertiary/aromatic N) is 2. The normalized spacial score (nSPS) is 15.5. The number of alkyl halides is 3. The molecule has 0 aromatic heterocycles. The molecule has 1 aliphatic rings. The number of hydrogen-bond acceptors (Lipinski definition) is 3. The fourth-order valence-electron chi connectivity index (χ4n) is 3.83. The molecule has 1 saturated carbocycles. The van der Waals surface area contributed by atoms with Gasteiger partial charge in [-0.15, -0.1) is 0 Å². The average molecular weight is 444 g/mol. The standard InChI is InChI=1S/C22H26ClF4N3/c1-14(13-15-5-3-7-18(23)20(15)24)30(16-9-10-16)12-11-29(2)19-8-4-6-17(21(19)28)22(25,26)27/h3-8,14,16H,9-13,28H2,1-2H3. The van der Waals surface area contributed by atoms with Crippen LogP contribution in [0.15, 0.2) is 36.4 Å². The van der Waals surface area contributed by atoms with E-state index in [0.29, 0.717) is 36.8 Å². The zero-order chi connectivity index (χ0) is 22.1. The van der Waals surface area contributed by atoms with E-state index in [1.807, 2.05) is 6.92 Å². The molecule has 2 N–H and O–H groups in total. The predicted octanol–water partition coefficient (Wildman–Crippen LogP) is 5.61. The number of nitrogens with two attached hydrogens (primary N) is 1. The molecule has 1 fully saturated rings. The first-order chi connectivity index (χ1) is 14.1. The molecule has 0 spiro atoms. The minimum atomic E-state index is -4.49. The third-order valence-electron chi connectivity index (χ3n) is 5.62. The zero-order valence-electron chi connectivity index (χ0n) is 17.0. The van der Waals surface area contributed by atoms with Gasteiger partial charge >= 0.3 is 6.18 Å². The van der Waals surface area contributed by atoms with Crippen LogP contribution in [-0.4, -0.2) is 37.1 Å². The van der Waals surface area contributed by atoms with Crippen molar-refractivity contribution in [3.8, 4) is 0 Å². The Hall–Kier alpha value is -1.99. The summed E-state index contributed by atoms with van der Waals surface area (Å²) < 4.78 is 53.7. The number of nitrogen functional groups attached to an aromatic ring is 1. The highest BCUT2D eigenvalue weighted by atomic mass is 35.5. The molecule has 0 saturated heterocycles. The number of halogens is 5. The molecule has 3 rings (SSSR count). The lowest BCUT2D eigenvalue weighted by molar-refractivity contribution is -0.136. The Labute approximate surface area is 179 Å². The number of para-hydroxylation sites is 1. The Kier molecular flexibility index (Phi) is 6.82. The van der Waals surface area contributed by atoms with E-state index in [-0.39, 0.29) is 16.8 Å². The van der Waals surface area contributed by atoms with Crippen molar-refractivity contribution in [2.75, 3.05) is 30.8 Å². The molecule has 3 nitrogen and oxygen atoms in total. The van der Waals surface area contributed by atoms with E-state index in [1.54, 1.807) is 30.1 Å². The Bertz CT molecular complexity index is 883. The van der Waals surface area contributed by atoms with Gasteiger partial charge in [0.2, 0.25) is 0 Å². The molecule has 30 heavy (non-hydrogen) atoms. The fourth-order valence-corrected chi connectivity index (χ4v) is 4.02. The molecule has 164 valence electrons. The first-order valence-corrected chi connectivity index (χ1v) is 10.3. The van der Waals surface area contributed by atoms with Crippen LogP contribution in [0.2, 0.25) is 5.02 Å². The summed E-state index contributed by atoms with van der Waals surface area (Å²) in [4.78, 5) is 4.04. The van der Waals surface area contributed by atoms with Crippen molar-refractivity contribution in [2.24, 2.45) is 0 Å². The lowest BCUT2D eigenvalue weighted by Crippen LogP contribution is -2.41. The fraction of sp³-hybridized carbons (Fsp3) is 0.455. The van der Waals surface area contributed by atoms with Crippen molar-refractivity contribution in [2.45, 2.75) is 44.4 Å². The maximum absolute atomic E-state index is 14.3. The van der Waals surface area contributed by atoms with Crippen LogP contribution in [-0.2, 0) is 12.6 Å². The van der Waals surface area contributed by atoms with E-state index in [1.165, 1.54) is 12.1 Å². The number of anilines is 2. The molecule has 0 radical (unpaired) electrons. The first kappa shape index (κ1) is 22.7. The number of rotatable bonds is 8. The number of hydrogen-bond donors (Lipinski definition) is 1. The largest absolute Gasteiger partial charge is 0.418 e. The van der Waals surface area contributed by atoms with E-state index < -0.39 is 17.6 Å². The van der Waals surface area contributed by atoms with Crippen molar-refractivity contribution in [3.63, 3.8) is 0 Å². The summed E-state index contributed by atoms with van der Waals surface area (Å²) in [5.41, 5.74) is 5.65. The molecule has 0 heterocycles. The van der Waals surface area contributed by atoms with Gasteiger partial charge < -0.3 is 10.6 Å². The quantitative estimate of drug-likeness (QED) is 0.425. The van der Waals surface area contributed by atoms with Gasteiger partial charge in [0.1, 0.15) is 5.82 Å². The highest BCUT2D eigenvalue weighted by molar-refractivity contribution is 6.30. The van der Waals surface area contributed by atoms with Gasteiger partial charge in [0.25, 0.3) is 0 Å². The van der Waals surface area contributed by atoms with Crippen LogP contribution in [0.3, 0.4) is 0 Å². The summed E-state index contributed by atoms with van der Waals surface area (Å²) in [6.45, 7) is 3.18. The molecule has 2 aromatic carbocycles. The molecular weight excluding hydrogens is 418 g/mol. The van der Waals surface area contributed by atoms with Crippen molar-refractivity contribution >= 4 is 23.0 Å². The molecule has 1 atom stereocenters. The van der Waals surface area contributed by atoms with E-state index >= 15 is 0 Å². The van der Waals surface area contributed by atoms with Crippen LogP contribution in [0.25, 0.3) is 0 Å². The summed E-state index contributed by atoms with van der Waals surface area (Å²) in [5.74, 6) is -0.393. The van der Waals surface area contributed by atoms with Crippen molar-refractivity contribution in [1.82, 2.24) is 4.90 Å². The van der Waals surface area contributed by atoms with Gasteiger partial charge in [0, 0.05) is 32.2 Å². The Balaban J connectivity index is 1.69. The van der Waals surface area contributed by atoms with Gasteiger partial charge in [0.15, 0.2) is 0 Å². The van der Waals surface area contributed by atoms with Gasteiger partial charge in [-0.2, -0.15) is 13.2 Å². The van der Waals surface area contributed by atoms with Gasteiger partial charge in [-0.1, -0.05) is 29.8 Å². The first-order valence-electron chi connectivity index (χ1n) is 9.95. The number of benzene rings is 2. The third kappa shape index (κ3) is 5.19. The molecule has 2 aromatic rings. The minimum absolute atomic E-state index is 0.0673. The van der Waals surface area contributed by atoms with E-state index in [0.717, 1.165) is 18.9 Å². The van der Waals surface area contributed by atoms with E-state index in [4.69, 9.17) is 17.3 Å². The molecule has 1 aliphatic carbocycles. The molecule has 0 bridgehead atoms. The van der Waals surface area contributed by atoms with Crippen LogP contribution in [0.4, 0.5) is 28.9 Å². The Morgan fingerprint density at radius 3 is 2.43 bits per heavy atom. The average Bonchev–Trinajstić information content (AvgIpc) is 3.50. The van der Waals surface area contributed by atoms with Crippen LogP contribution >= 0.6 is 11.6 Å². The second-order valence-electron chi connectivity index (χ2n) is 7.89. The highest BCUT2D eigenvalue weighted by Gasteiger charge is 2.35. The predicted molar refractivity (Wildman–Crippen MR) is 113 cm³/mol. The monoisotopic (exact) mass is 443 g/mol. The van der Waals surface area contributed by atoms with Crippen LogP contribution in [0, 0.1) is 5.82 Å². The Morgan fingerprint density at radius 2 is 1.80 bits per heavy atom. The summed E-state index contributed by atoms with van der Waals surface area (Å²) in [6, 6.07) is 9.43. The summed E-state index contributed by atoms with van der Waals surface area (Å²) in [7, 11) is 1.73. The van der Waals surface area contributed by atoms with Gasteiger partial charge in [-0.3, -0.25) is 4.90 Å². The van der Waals surface area contributed by atoms with Crippen LogP contribution in [0.1, 0.15) is 30.9 Å². The summed E-state index contributed by atoms with van der Waals surface area (Å²) >= 11 is 5.89. The summed E-state index contributed by atoms with van der Waals surface area (Å²) in [6.07, 6.45) is -1.84. The SMILES string of the molecule is CC(Cc1cccc(Cl)c1F)N(CCN(C)c1cccc(C(F)(F)F)c1N)C1CC1. The third-order valence-corrected chi connectivity index (χ3v) is 5.91. The zero-order valence-corrected chi connectivity index (χ0v) is 17.8. The molecule has 0 amide bonds. The second-order valence-corrected chi connectivity index (χ2v) is 8.30. The van der Waals surface area contributed by atoms with E-state index in [9.17, 15) is 17.6 Å². The van der Waals surface area contributed by atoms with Gasteiger partial charge in [0.05, 0.1) is 22.0 Å². The molecule has 8 heteroatoms. The smallest absolute Gasteiger partial charge is 0.397 e.